The Bertz CT molecular complexity index is 607. The van der Waals surface area contributed by atoms with Crippen LogP contribution in [-0.2, 0) is 6.54 Å². The number of nitro benzene ring substituents is 1. The molecule has 1 aromatic carbocycles. The van der Waals surface area contributed by atoms with Crippen LogP contribution in [0.2, 0.25) is 0 Å². The van der Waals surface area contributed by atoms with E-state index in [0.717, 1.165) is 0 Å². The average molecular weight is 260 g/mol. The lowest BCUT2D eigenvalue weighted by atomic mass is 10.1. The molecule has 1 heterocycles. The third-order valence-corrected chi connectivity index (χ3v) is 2.65. The van der Waals surface area contributed by atoms with Gasteiger partial charge in [-0.25, -0.2) is 4.98 Å². The van der Waals surface area contributed by atoms with Gasteiger partial charge in [0.25, 0.3) is 11.6 Å². The van der Waals surface area contributed by atoms with Crippen LogP contribution >= 0.6 is 0 Å². The van der Waals surface area contributed by atoms with Crippen LogP contribution in [0.25, 0.3) is 0 Å². The number of aromatic amines is 1. The van der Waals surface area contributed by atoms with Gasteiger partial charge in [-0.15, -0.1) is 0 Å². The van der Waals surface area contributed by atoms with Gasteiger partial charge in [0, 0.05) is 30.1 Å². The van der Waals surface area contributed by atoms with E-state index in [4.69, 9.17) is 0 Å². The van der Waals surface area contributed by atoms with Crippen LogP contribution in [0, 0.1) is 17.0 Å². The fraction of sp³-hybridized carbons (Fsp3) is 0.167. The molecule has 0 saturated heterocycles. The molecule has 7 nitrogen and oxygen atoms in total. The summed E-state index contributed by atoms with van der Waals surface area (Å²) in [6.45, 7) is 1.97. The second kappa shape index (κ2) is 5.30. The van der Waals surface area contributed by atoms with Gasteiger partial charge in [0.2, 0.25) is 0 Å². The molecule has 2 N–H and O–H groups in total. The first-order valence-electron chi connectivity index (χ1n) is 5.59. The van der Waals surface area contributed by atoms with Crippen molar-refractivity contribution in [3.05, 3.63) is 57.7 Å². The molecule has 0 saturated carbocycles. The van der Waals surface area contributed by atoms with Gasteiger partial charge >= 0.3 is 0 Å². The molecule has 0 fully saturated rings. The number of hydrogen-bond acceptors (Lipinski definition) is 4. The van der Waals surface area contributed by atoms with Crippen LogP contribution in [0.5, 0.6) is 0 Å². The van der Waals surface area contributed by atoms with Gasteiger partial charge in [0.05, 0.1) is 11.5 Å². The van der Waals surface area contributed by atoms with Crippen molar-refractivity contribution < 1.29 is 9.72 Å². The Kier molecular flexibility index (Phi) is 3.56. The summed E-state index contributed by atoms with van der Waals surface area (Å²) in [5.74, 6) is 0.258. The van der Waals surface area contributed by atoms with Crippen molar-refractivity contribution in [1.29, 1.82) is 0 Å². The molecule has 0 spiro atoms. The lowest BCUT2D eigenvalue weighted by molar-refractivity contribution is -0.384. The zero-order valence-electron chi connectivity index (χ0n) is 10.2. The first-order chi connectivity index (χ1) is 9.08. The van der Waals surface area contributed by atoms with Crippen LogP contribution in [0.4, 0.5) is 5.69 Å². The number of aromatic nitrogens is 2. The lowest BCUT2D eigenvalue weighted by Crippen LogP contribution is -2.24. The van der Waals surface area contributed by atoms with E-state index in [1.807, 2.05) is 0 Å². The van der Waals surface area contributed by atoms with Gasteiger partial charge in [-0.1, -0.05) is 6.07 Å². The summed E-state index contributed by atoms with van der Waals surface area (Å²) in [6.07, 6.45) is 3.24. The second-order valence-corrected chi connectivity index (χ2v) is 3.97. The Morgan fingerprint density at radius 1 is 1.53 bits per heavy atom. The molecule has 1 aromatic heterocycles. The standard InChI is InChI=1S/C12H12N4O3/c1-8-2-3-9(16(18)19)6-10(8)12(17)15-7-11-13-4-5-14-11/h2-6H,7H2,1H3,(H,13,14)(H,15,17). The number of H-pyrrole nitrogens is 1. The Morgan fingerprint density at radius 2 is 2.32 bits per heavy atom. The molecule has 0 unspecified atom stereocenters. The van der Waals surface area contributed by atoms with E-state index < -0.39 is 4.92 Å². The smallest absolute Gasteiger partial charge is 0.270 e. The zero-order chi connectivity index (χ0) is 13.8. The van der Waals surface area contributed by atoms with Crippen LogP contribution in [0.1, 0.15) is 21.7 Å². The molecule has 19 heavy (non-hydrogen) atoms. The number of nitro groups is 1. The average Bonchev–Trinajstić information content (AvgIpc) is 2.89. The van der Waals surface area contributed by atoms with Gasteiger partial charge in [0.1, 0.15) is 5.82 Å². The SMILES string of the molecule is Cc1ccc([N+](=O)[O-])cc1C(=O)NCc1ncc[nH]1. The summed E-state index contributed by atoms with van der Waals surface area (Å²) in [5.41, 5.74) is 0.872. The monoisotopic (exact) mass is 260 g/mol. The first-order valence-corrected chi connectivity index (χ1v) is 5.59. The summed E-state index contributed by atoms with van der Waals surface area (Å²) >= 11 is 0. The molecule has 2 rings (SSSR count). The Morgan fingerprint density at radius 3 is 2.95 bits per heavy atom. The number of benzene rings is 1. The zero-order valence-corrected chi connectivity index (χ0v) is 10.2. The van der Waals surface area contributed by atoms with E-state index in [0.29, 0.717) is 17.0 Å². The largest absolute Gasteiger partial charge is 0.347 e. The highest BCUT2D eigenvalue weighted by Gasteiger charge is 2.14. The van der Waals surface area contributed by atoms with Crippen molar-refractivity contribution in [1.82, 2.24) is 15.3 Å². The van der Waals surface area contributed by atoms with Gasteiger partial charge in [-0.2, -0.15) is 0 Å². The van der Waals surface area contributed by atoms with Crippen molar-refractivity contribution in [2.75, 3.05) is 0 Å². The Hall–Kier alpha value is -2.70. The minimum Gasteiger partial charge on any atom is -0.347 e. The molecule has 0 bridgehead atoms. The number of imidazole rings is 1. The number of nitrogens with zero attached hydrogens (tertiary/aromatic N) is 2. The number of rotatable bonds is 4. The quantitative estimate of drug-likeness (QED) is 0.643. The highest BCUT2D eigenvalue weighted by molar-refractivity contribution is 5.96. The first kappa shape index (κ1) is 12.7. The number of nitrogens with one attached hydrogen (secondary N) is 2. The molecule has 2 aromatic rings. The number of aryl methyl sites for hydroxylation is 1. The molecule has 0 aliphatic rings. The minimum absolute atomic E-state index is 0.103. The summed E-state index contributed by atoms with van der Waals surface area (Å²) in [4.78, 5) is 29.0. The maximum Gasteiger partial charge on any atom is 0.270 e. The maximum absolute atomic E-state index is 12.0. The molecule has 1 amide bonds. The molecule has 0 radical (unpaired) electrons. The molecular formula is C12H12N4O3. The van der Waals surface area contributed by atoms with Crippen LogP contribution in [0.15, 0.2) is 30.6 Å². The number of amides is 1. The number of non-ortho nitro benzene ring substituents is 1. The summed E-state index contributed by atoms with van der Waals surface area (Å²) in [6, 6.07) is 4.20. The van der Waals surface area contributed by atoms with Crippen molar-refractivity contribution in [3.8, 4) is 0 Å². The van der Waals surface area contributed by atoms with E-state index in [9.17, 15) is 14.9 Å². The predicted molar refractivity (Wildman–Crippen MR) is 67.6 cm³/mol. The summed E-state index contributed by atoms with van der Waals surface area (Å²) < 4.78 is 0. The summed E-state index contributed by atoms with van der Waals surface area (Å²) in [7, 11) is 0. The fourth-order valence-corrected chi connectivity index (χ4v) is 1.62. The van der Waals surface area contributed by atoms with E-state index in [2.05, 4.69) is 15.3 Å². The molecule has 0 atom stereocenters. The van der Waals surface area contributed by atoms with E-state index in [1.54, 1.807) is 25.4 Å². The second-order valence-electron chi connectivity index (χ2n) is 3.97. The van der Waals surface area contributed by atoms with Crippen LogP contribution < -0.4 is 5.32 Å². The van der Waals surface area contributed by atoms with Crippen molar-refractivity contribution >= 4 is 11.6 Å². The molecule has 0 aliphatic carbocycles. The highest BCUT2D eigenvalue weighted by atomic mass is 16.6. The molecule has 98 valence electrons. The third kappa shape index (κ3) is 2.95. The molecule has 7 heteroatoms. The van der Waals surface area contributed by atoms with Gasteiger partial charge < -0.3 is 10.3 Å². The fourth-order valence-electron chi connectivity index (χ4n) is 1.62. The van der Waals surface area contributed by atoms with E-state index in [-0.39, 0.29) is 18.1 Å². The third-order valence-electron chi connectivity index (χ3n) is 2.65. The number of hydrogen-bond donors (Lipinski definition) is 2. The predicted octanol–water partition coefficient (Wildman–Crippen LogP) is 1.56. The topological polar surface area (TPSA) is 101 Å². The van der Waals surface area contributed by atoms with E-state index in [1.165, 1.54) is 12.1 Å². The van der Waals surface area contributed by atoms with Gasteiger partial charge in [0.15, 0.2) is 0 Å². The van der Waals surface area contributed by atoms with Gasteiger partial charge in [-0.3, -0.25) is 14.9 Å². The number of carbonyl (C=O) groups is 1. The maximum atomic E-state index is 12.0. The molecular weight excluding hydrogens is 248 g/mol. The Labute approximate surface area is 108 Å². The summed E-state index contributed by atoms with van der Waals surface area (Å²) in [5, 5.41) is 13.3. The Balaban J connectivity index is 2.14. The normalized spacial score (nSPS) is 10.2. The minimum atomic E-state index is -0.525. The lowest BCUT2D eigenvalue weighted by Gasteiger charge is -2.06. The van der Waals surface area contributed by atoms with Crippen LogP contribution in [0.3, 0.4) is 0 Å². The van der Waals surface area contributed by atoms with Gasteiger partial charge in [-0.05, 0) is 12.5 Å². The number of carbonyl (C=O) groups excluding carboxylic acids is 1. The van der Waals surface area contributed by atoms with Crippen molar-refractivity contribution in [3.63, 3.8) is 0 Å². The highest BCUT2D eigenvalue weighted by Crippen LogP contribution is 2.17. The molecule has 0 aliphatic heterocycles. The van der Waals surface area contributed by atoms with Crippen LogP contribution in [-0.4, -0.2) is 20.8 Å². The van der Waals surface area contributed by atoms with Crippen molar-refractivity contribution in [2.24, 2.45) is 0 Å². The van der Waals surface area contributed by atoms with E-state index >= 15 is 0 Å². The van der Waals surface area contributed by atoms with Crippen molar-refractivity contribution in [2.45, 2.75) is 13.5 Å².